The third-order valence-corrected chi connectivity index (χ3v) is 4.14. The summed E-state index contributed by atoms with van der Waals surface area (Å²) < 4.78 is 0. The lowest BCUT2D eigenvalue weighted by atomic mass is 9.91. The molecule has 94 valence electrons. The first-order chi connectivity index (χ1) is 9.34. The van der Waals surface area contributed by atoms with Gasteiger partial charge >= 0.3 is 0 Å². The number of amides is 1. The number of rotatable bonds is 1. The Morgan fingerprint density at radius 2 is 2.05 bits per heavy atom. The smallest absolute Gasteiger partial charge is 0.227 e. The fourth-order valence-electron chi connectivity index (χ4n) is 3.25. The molecule has 1 aliphatic carbocycles. The summed E-state index contributed by atoms with van der Waals surface area (Å²) in [6, 6.07) is 10.7. The Bertz CT molecular complexity index is 715. The van der Waals surface area contributed by atoms with Gasteiger partial charge in [0.25, 0.3) is 0 Å². The van der Waals surface area contributed by atoms with Crippen molar-refractivity contribution in [3.63, 3.8) is 0 Å². The van der Waals surface area contributed by atoms with E-state index < -0.39 is 0 Å². The lowest BCUT2D eigenvalue weighted by Crippen LogP contribution is -2.24. The van der Waals surface area contributed by atoms with Gasteiger partial charge in [0, 0.05) is 18.5 Å². The van der Waals surface area contributed by atoms with Gasteiger partial charge in [-0.25, -0.2) is 0 Å². The molecule has 0 unspecified atom stereocenters. The van der Waals surface area contributed by atoms with Crippen molar-refractivity contribution in [1.82, 2.24) is 0 Å². The van der Waals surface area contributed by atoms with E-state index in [4.69, 9.17) is 0 Å². The number of hydrogen-bond acceptors (Lipinski definition) is 1. The van der Waals surface area contributed by atoms with Crippen molar-refractivity contribution in [2.75, 3.05) is 11.4 Å². The molecule has 0 atom stereocenters. The number of benzene rings is 2. The normalized spacial score (nSPS) is 17.5. The highest BCUT2D eigenvalue weighted by Gasteiger charge is 2.25. The molecule has 0 saturated carbocycles. The van der Waals surface area contributed by atoms with E-state index in [1.807, 2.05) is 4.90 Å². The summed E-state index contributed by atoms with van der Waals surface area (Å²) in [6.07, 6.45) is 7.02. The Morgan fingerprint density at radius 3 is 2.89 bits per heavy atom. The highest BCUT2D eigenvalue weighted by atomic mass is 16.2. The Kier molecular flexibility index (Phi) is 2.25. The van der Waals surface area contributed by atoms with Crippen LogP contribution in [0.2, 0.25) is 0 Å². The van der Waals surface area contributed by atoms with Gasteiger partial charge in [0.1, 0.15) is 0 Å². The number of anilines is 1. The predicted octanol–water partition coefficient (Wildman–Crippen LogP) is 3.54. The Morgan fingerprint density at radius 1 is 1.11 bits per heavy atom. The maximum Gasteiger partial charge on any atom is 0.227 e. The maximum absolute atomic E-state index is 12.0. The summed E-state index contributed by atoms with van der Waals surface area (Å²) in [7, 11) is 0. The Labute approximate surface area is 112 Å². The van der Waals surface area contributed by atoms with Crippen LogP contribution in [0.1, 0.15) is 24.0 Å². The first-order valence-electron chi connectivity index (χ1n) is 6.86. The molecule has 4 rings (SSSR count). The van der Waals surface area contributed by atoms with Gasteiger partial charge in [-0.1, -0.05) is 36.4 Å². The largest absolute Gasteiger partial charge is 0.312 e. The molecule has 0 aromatic heterocycles. The summed E-state index contributed by atoms with van der Waals surface area (Å²) in [5.41, 5.74) is 3.66. The lowest BCUT2D eigenvalue weighted by Gasteiger charge is -2.22. The lowest BCUT2D eigenvalue weighted by molar-refractivity contribution is -0.117. The van der Waals surface area contributed by atoms with Crippen molar-refractivity contribution in [2.45, 2.75) is 19.3 Å². The quantitative estimate of drug-likeness (QED) is 0.757. The second-order valence-corrected chi connectivity index (χ2v) is 5.27. The van der Waals surface area contributed by atoms with E-state index in [-0.39, 0.29) is 5.91 Å². The summed E-state index contributed by atoms with van der Waals surface area (Å²) in [4.78, 5) is 13.9. The maximum atomic E-state index is 12.0. The van der Waals surface area contributed by atoms with Crippen molar-refractivity contribution in [1.29, 1.82) is 0 Å². The van der Waals surface area contributed by atoms with Gasteiger partial charge in [-0.05, 0) is 35.2 Å². The van der Waals surface area contributed by atoms with Gasteiger partial charge in [-0.2, -0.15) is 0 Å². The van der Waals surface area contributed by atoms with Crippen LogP contribution in [0, 0.1) is 0 Å². The van der Waals surface area contributed by atoms with Crippen molar-refractivity contribution < 1.29 is 4.79 Å². The van der Waals surface area contributed by atoms with Crippen LogP contribution < -0.4 is 4.90 Å². The molecule has 0 N–H and O–H groups in total. The standard InChI is InChI=1S/C17H15NO/c19-16-8-3-11-18(16)15-10-9-13-5-1-4-12-6-2-7-14(15)17(12)13/h1-2,4-5,7,9-10H,3,6,8,11H2. The summed E-state index contributed by atoms with van der Waals surface area (Å²) in [5, 5.41) is 2.59. The topological polar surface area (TPSA) is 20.3 Å². The summed E-state index contributed by atoms with van der Waals surface area (Å²) >= 11 is 0. The Balaban J connectivity index is 2.01. The van der Waals surface area contributed by atoms with Crippen molar-refractivity contribution >= 4 is 28.4 Å². The monoisotopic (exact) mass is 249 g/mol. The summed E-state index contributed by atoms with van der Waals surface area (Å²) in [5.74, 6) is 0.257. The molecule has 0 radical (unpaired) electrons. The molecule has 2 aromatic carbocycles. The molecule has 1 aliphatic heterocycles. The summed E-state index contributed by atoms with van der Waals surface area (Å²) in [6.45, 7) is 0.855. The first kappa shape index (κ1) is 10.8. The molecule has 1 heterocycles. The van der Waals surface area contributed by atoms with E-state index in [1.165, 1.54) is 21.9 Å². The molecule has 2 heteroatoms. The van der Waals surface area contributed by atoms with Crippen molar-refractivity contribution in [3.8, 4) is 0 Å². The zero-order valence-electron chi connectivity index (χ0n) is 10.7. The van der Waals surface area contributed by atoms with Gasteiger partial charge in [0.05, 0.1) is 5.69 Å². The van der Waals surface area contributed by atoms with Crippen LogP contribution in [0.25, 0.3) is 16.8 Å². The molecule has 2 aromatic rings. The second kappa shape index (κ2) is 3.95. The fraction of sp³-hybridized carbons (Fsp3) is 0.235. The highest BCUT2D eigenvalue weighted by Crippen LogP contribution is 2.36. The van der Waals surface area contributed by atoms with Crippen LogP contribution in [0.5, 0.6) is 0 Å². The Hall–Kier alpha value is -2.09. The SMILES string of the molecule is O=C1CCCN1c1ccc2cccc3c2c1C=CC3. The molecule has 1 fully saturated rings. The first-order valence-corrected chi connectivity index (χ1v) is 6.86. The highest BCUT2D eigenvalue weighted by molar-refractivity contribution is 6.05. The average Bonchev–Trinajstić information content (AvgIpc) is 2.86. The number of hydrogen-bond donors (Lipinski definition) is 0. The van der Waals surface area contributed by atoms with E-state index in [9.17, 15) is 4.79 Å². The van der Waals surface area contributed by atoms with Crippen LogP contribution in [-0.4, -0.2) is 12.5 Å². The van der Waals surface area contributed by atoms with E-state index in [0.717, 1.165) is 25.1 Å². The second-order valence-electron chi connectivity index (χ2n) is 5.27. The predicted molar refractivity (Wildman–Crippen MR) is 78.3 cm³/mol. The van der Waals surface area contributed by atoms with Gasteiger partial charge in [-0.3, -0.25) is 4.79 Å². The average molecular weight is 249 g/mol. The van der Waals surface area contributed by atoms with E-state index in [1.54, 1.807) is 0 Å². The molecule has 0 bridgehead atoms. The van der Waals surface area contributed by atoms with Gasteiger partial charge in [-0.15, -0.1) is 0 Å². The zero-order chi connectivity index (χ0) is 12.8. The van der Waals surface area contributed by atoms with E-state index in [2.05, 4.69) is 42.5 Å². The number of carbonyl (C=O) groups excluding carboxylic acids is 1. The van der Waals surface area contributed by atoms with Gasteiger partial charge < -0.3 is 4.90 Å². The molecule has 1 saturated heterocycles. The fourth-order valence-corrected chi connectivity index (χ4v) is 3.25. The van der Waals surface area contributed by atoms with Gasteiger partial charge in [0.2, 0.25) is 5.91 Å². The third kappa shape index (κ3) is 1.53. The van der Waals surface area contributed by atoms with Crippen LogP contribution in [-0.2, 0) is 11.2 Å². The van der Waals surface area contributed by atoms with Crippen LogP contribution in [0.15, 0.2) is 36.4 Å². The minimum Gasteiger partial charge on any atom is -0.312 e. The number of carbonyl (C=O) groups is 1. The van der Waals surface area contributed by atoms with E-state index >= 15 is 0 Å². The van der Waals surface area contributed by atoms with E-state index in [0.29, 0.717) is 6.42 Å². The minimum absolute atomic E-state index is 0.257. The van der Waals surface area contributed by atoms with Crippen LogP contribution in [0.4, 0.5) is 5.69 Å². The zero-order valence-corrected chi connectivity index (χ0v) is 10.7. The molecule has 19 heavy (non-hydrogen) atoms. The third-order valence-electron chi connectivity index (χ3n) is 4.14. The van der Waals surface area contributed by atoms with Crippen molar-refractivity contribution in [2.24, 2.45) is 0 Å². The molecular weight excluding hydrogens is 234 g/mol. The van der Waals surface area contributed by atoms with Gasteiger partial charge in [0.15, 0.2) is 0 Å². The molecular formula is C17H15NO. The number of nitrogens with zero attached hydrogens (tertiary/aromatic N) is 1. The van der Waals surface area contributed by atoms with Crippen LogP contribution in [0.3, 0.4) is 0 Å². The molecule has 2 aliphatic rings. The number of allylic oxidation sites excluding steroid dienone is 1. The molecule has 0 spiro atoms. The minimum atomic E-state index is 0.257. The van der Waals surface area contributed by atoms with Crippen LogP contribution >= 0.6 is 0 Å². The molecule has 2 nitrogen and oxygen atoms in total. The molecule has 1 amide bonds. The van der Waals surface area contributed by atoms with Crippen molar-refractivity contribution in [3.05, 3.63) is 47.5 Å².